The number of nitrogens with zero attached hydrogens (tertiary/aromatic N) is 2. The van der Waals surface area contributed by atoms with Gasteiger partial charge < -0.3 is 10.6 Å². The molecule has 0 aliphatic rings. The molecule has 2 amide bonds. The van der Waals surface area contributed by atoms with E-state index in [1.54, 1.807) is 16.0 Å². The van der Waals surface area contributed by atoms with Gasteiger partial charge in [-0.1, -0.05) is 6.07 Å². The van der Waals surface area contributed by atoms with Crippen molar-refractivity contribution in [2.45, 2.75) is 19.4 Å². The first-order chi connectivity index (χ1) is 9.15. The van der Waals surface area contributed by atoms with Crippen LogP contribution in [0.15, 0.2) is 29.9 Å². The van der Waals surface area contributed by atoms with Crippen molar-refractivity contribution >= 4 is 17.4 Å². The minimum Gasteiger partial charge on any atom is -0.338 e. The molecule has 0 unspecified atom stereocenters. The van der Waals surface area contributed by atoms with E-state index >= 15 is 0 Å². The number of hydrogen-bond donors (Lipinski definition) is 2. The SMILES string of the molecule is C[C@H](NC(=O)NCCc1cnn(C)c1)c1cccs1. The fraction of sp³-hybridized carbons (Fsp3) is 0.385. The molecule has 1 atom stereocenters. The molecule has 0 bridgehead atoms. The van der Waals surface area contributed by atoms with Crippen LogP contribution in [0.3, 0.4) is 0 Å². The van der Waals surface area contributed by atoms with Gasteiger partial charge in [0.05, 0.1) is 12.2 Å². The van der Waals surface area contributed by atoms with Crippen LogP contribution < -0.4 is 10.6 Å². The second kappa shape index (κ2) is 6.38. The fourth-order valence-electron chi connectivity index (χ4n) is 1.78. The summed E-state index contributed by atoms with van der Waals surface area (Å²) in [4.78, 5) is 12.9. The summed E-state index contributed by atoms with van der Waals surface area (Å²) in [6.07, 6.45) is 4.55. The summed E-state index contributed by atoms with van der Waals surface area (Å²) in [5, 5.41) is 11.9. The lowest BCUT2D eigenvalue weighted by molar-refractivity contribution is 0.238. The van der Waals surface area contributed by atoms with Crippen molar-refractivity contribution in [3.63, 3.8) is 0 Å². The van der Waals surface area contributed by atoms with Crippen LogP contribution in [0.5, 0.6) is 0 Å². The summed E-state index contributed by atoms with van der Waals surface area (Å²) < 4.78 is 1.76. The van der Waals surface area contributed by atoms with Gasteiger partial charge in [0.1, 0.15) is 0 Å². The van der Waals surface area contributed by atoms with Crippen molar-refractivity contribution in [1.82, 2.24) is 20.4 Å². The van der Waals surface area contributed by atoms with Crippen LogP contribution in [0.4, 0.5) is 4.79 Å². The van der Waals surface area contributed by atoms with E-state index in [1.807, 2.05) is 43.9 Å². The lowest BCUT2D eigenvalue weighted by Gasteiger charge is -2.12. The highest BCUT2D eigenvalue weighted by molar-refractivity contribution is 7.10. The van der Waals surface area contributed by atoms with Gasteiger partial charge in [-0.2, -0.15) is 5.10 Å². The Hall–Kier alpha value is -1.82. The largest absolute Gasteiger partial charge is 0.338 e. The molecular weight excluding hydrogens is 260 g/mol. The topological polar surface area (TPSA) is 59.0 Å². The Morgan fingerprint density at radius 2 is 2.42 bits per heavy atom. The van der Waals surface area contributed by atoms with Crippen LogP contribution in [0.1, 0.15) is 23.4 Å². The third kappa shape index (κ3) is 4.10. The van der Waals surface area contributed by atoms with E-state index in [9.17, 15) is 4.79 Å². The highest BCUT2D eigenvalue weighted by atomic mass is 32.1. The molecule has 2 aromatic rings. The smallest absolute Gasteiger partial charge is 0.315 e. The van der Waals surface area contributed by atoms with Gasteiger partial charge in [-0.15, -0.1) is 11.3 Å². The van der Waals surface area contributed by atoms with Gasteiger partial charge >= 0.3 is 6.03 Å². The molecule has 0 aliphatic heterocycles. The zero-order valence-electron chi connectivity index (χ0n) is 11.1. The predicted molar refractivity (Wildman–Crippen MR) is 76.2 cm³/mol. The second-order valence-electron chi connectivity index (χ2n) is 4.41. The minimum atomic E-state index is -0.134. The second-order valence-corrected chi connectivity index (χ2v) is 5.39. The number of rotatable bonds is 5. The van der Waals surface area contributed by atoms with Crippen molar-refractivity contribution in [2.75, 3.05) is 6.54 Å². The highest BCUT2D eigenvalue weighted by Crippen LogP contribution is 2.17. The van der Waals surface area contributed by atoms with Crippen molar-refractivity contribution in [3.8, 4) is 0 Å². The molecule has 0 aromatic carbocycles. The maximum absolute atomic E-state index is 11.7. The molecule has 0 fully saturated rings. The number of urea groups is 1. The fourth-order valence-corrected chi connectivity index (χ4v) is 2.51. The Morgan fingerprint density at radius 1 is 1.58 bits per heavy atom. The summed E-state index contributed by atoms with van der Waals surface area (Å²) in [5.74, 6) is 0. The Kier molecular flexibility index (Phi) is 4.57. The van der Waals surface area contributed by atoms with Gasteiger partial charge in [0.2, 0.25) is 0 Å². The average molecular weight is 278 g/mol. The Balaban J connectivity index is 1.70. The molecule has 0 saturated carbocycles. The summed E-state index contributed by atoms with van der Waals surface area (Å²) >= 11 is 1.64. The maximum Gasteiger partial charge on any atom is 0.315 e. The molecule has 2 heterocycles. The molecule has 0 saturated heterocycles. The van der Waals surface area contributed by atoms with Crippen molar-refractivity contribution < 1.29 is 4.79 Å². The molecule has 0 spiro atoms. The van der Waals surface area contributed by atoms with Gasteiger partial charge in [-0.05, 0) is 30.4 Å². The summed E-state index contributed by atoms with van der Waals surface area (Å²) in [7, 11) is 1.88. The van der Waals surface area contributed by atoms with Crippen LogP contribution >= 0.6 is 11.3 Å². The Bertz CT molecular complexity index is 520. The van der Waals surface area contributed by atoms with Gasteiger partial charge in [-0.25, -0.2) is 4.79 Å². The Labute approximate surface area is 116 Å². The molecule has 2 aromatic heterocycles. The van der Waals surface area contributed by atoms with Gasteiger partial charge in [0, 0.05) is 24.7 Å². The molecule has 0 aliphatic carbocycles. The van der Waals surface area contributed by atoms with E-state index in [4.69, 9.17) is 0 Å². The third-order valence-electron chi connectivity index (χ3n) is 2.78. The van der Waals surface area contributed by atoms with E-state index in [0.29, 0.717) is 6.54 Å². The summed E-state index contributed by atoms with van der Waals surface area (Å²) in [6.45, 7) is 2.58. The molecule has 0 radical (unpaired) electrons. The van der Waals surface area contributed by atoms with Crippen molar-refractivity contribution in [3.05, 3.63) is 40.3 Å². The normalized spacial score (nSPS) is 12.1. The van der Waals surface area contributed by atoms with Crippen molar-refractivity contribution in [1.29, 1.82) is 0 Å². The monoisotopic (exact) mass is 278 g/mol. The molecule has 2 N–H and O–H groups in total. The molecule has 6 heteroatoms. The number of carbonyl (C=O) groups excluding carboxylic acids is 1. The highest BCUT2D eigenvalue weighted by Gasteiger charge is 2.09. The first-order valence-corrected chi connectivity index (χ1v) is 7.08. The van der Waals surface area contributed by atoms with Crippen molar-refractivity contribution in [2.24, 2.45) is 7.05 Å². The molecule has 102 valence electrons. The zero-order valence-corrected chi connectivity index (χ0v) is 11.9. The summed E-state index contributed by atoms with van der Waals surface area (Å²) in [6, 6.07) is 3.91. The number of nitrogens with one attached hydrogen (secondary N) is 2. The van der Waals surface area contributed by atoms with Gasteiger partial charge in [-0.3, -0.25) is 4.68 Å². The van der Waals surface area contributed by atoms with E-state index in [-0.39, 0.29) is 12.1 Å². The molecule has 5 nitrogen and oxygen atoms in total. The third-order valence-corrected chi connectivity index (χ3v) is 3.83. The van der Waals surface area contributed by atoms with E-state index < -0.39 is 0 Å². The summed E-state index contributed by atoms with van der Waals surface area (Å²) in [5.41, 5.74) is 1.12. The van der Waals surface area contributed by atoms with E-state index in [2.05, 4.69) is 15.7 Å². The lowest BCUT2D eigenvalue weighted by Crippen LogP contribution is -2.37. The first kappa shape index (κ1) is 13.6. The molecule has 19 heavy (non-hydrogen) atoms. The van der Waals surface area contributed by atoms with Crippen LogP contribution in [-0.4, -0.2) is 22.4 Å². The number of aryl methyl sites for hydroxylation is 1. The van der Waals surface area contributed by atoms with E-state index in [0.717, 1.165) is 16.9 Å². The van der Waals surface area contributed by atoms with Gasteiger partial charge in [0.15, 0.2) is 0 Å². The molecule has 2 rings (SSSR count). The van der Waals surface area contributed by atoms with Crippen LogP contribution in [0, 0.1) is 0 Å². The average Bonchev–Trinajstić information content (AvgIpc) is 3.00. The predicted octanol–water partition coefficient (Wildman–Crippen LogP) is 2.08. The minimum absolute atomic E-state index is 0.0402. The van der Waals surface area contributed by atoms with Crippen LogP contribution in [0.25, 0.3) is 0 Å². The Morgan fingerprint density at radius 3 is 3.05 bits per heavy atom. The van der Waals surface area contributed by atoms with Crippen LogP contribution in [0.2, 0.25) is 0 Å². The molecular formula is C13H18N4OS. The number of thiophene rings is 1. The number of aromatic nitrogens is 2. The quantitative estimate of drug-likeness (QED) is 0.879. The standard InChI is InChI=1S/C13H18N4OS/c1-10(12-4-3-7-19-12)16-13(18)14-6-5-11-8-15-17(2)9-11/h3-4,7-10H,5-6H2,1-2H3,(H2,14,16,18)/t10-/m0/s1. The van der Waals surface area contributed by atoms with Gasteiger partial charge in [0.25, 0.3) is 0 Å². The maximum atomic E-state index is 11.7. The lowest BCUT2D eigenvalue weighted by atomic mass is 10.2. The zero-order chi connectivity index (χ0) is 13.7. The van der Waals surface area contributed by atoms with Crippen LogP contribution in [-0.2, 0) is 13.5 Å². The first-order valence-electron chi connectivity index (χ1n) is 6.20. The number of hydrogen-bond acceptors (Lipinski definition) is 3. The van der Waals surface area contributed by atoms with E-state index in [1.165, 1.54) is 0 Å². The number of amides is 2. The number of carbonyl (C=O) groups is 1.